The lowest BCUT2D eigenvalue weighted by Crippen LogP contribution is -3.11. The van der Waals surface area contributed by atoms with Crippen molar-refractivity contribution in [1.29, 1.82) is 0 Å². The Morgan fingerprint density at radius 1 is 1.50 bits per heavy atom. The maximum atomic E-state index is 11.6. The van der Waals surface area contributed by atoms with E-state index in [1.807, 2.05) is 0 Å². The van der Waals surface area contributed by atoms with Gasteiger partial charge in [0.2, 0.25) is 0 Å². The molecule has 1 aliphatic rings. The fraction of sp³-hybridized carbons (Fsp3) is 0.538. The van der Waals surface area contributed by atoms with E-state index < -0.39 is 5.97 Å². The smallest absolute Gasteiger partial charge is 0.250 e. The molecule has 1 aromatic rings. The minimum atomic E-state index is -1.23. The van der Waals surface area contributed by atoms with Gasteiger partial charge < -0.3 is 24.9 Å². The summed E-state index contributed by atoms with van der Waals surface area (Å²) in [6.07, 6.45) is 0.707. The molecule has 0 bridgehead atoms. The summed E-state index contributed by atoms with van der Waals surface area (Å²) >= 11 is 1.33. The molecule has 1 unspecified atom stereocenters. The van der Waals surface area contributed by atoms with Gasteiger partial charge in [-0.3, -0.25) is 4.79 Å². The van der Waals surface area contributed by atoms with Crippen LogP contribution < -0.4 is 15.3 Å². The number of fused-ring (bicyclic) bond motifs is 1. The number of methoxy groups -OCH3 is 1. The Kier molecular flexibility index (Phi) is 4.74. The molecule has 1 amide bonds. The number of carboxylic acid groups (broad SMARTS) is 1. The van der Waals surface area contributed by atoms with Crippen molar-refractivity contribution in [3.05, 3.63) is 16.0 Å². The average molecular weight is 298 g/mol. The zero-order chi connectivity index (χ0) is 14.7. The molecule has 0 saturated heterocycles. The molecule has 20 heavy (non-hydrogen) atoms. The summed E-state index contributed by atoms with van der Waals surface area (Å²) in [5, 5.41) is 14.3. The van der Waals surface area contributed by atoms with Gasteiger partial charge in [0.05, 0.1) is 23.9 Å². The van der Waals surface area contributed by atoms with Crippen LogP contribution >= 0.6 is 11.3 Å². The Morgan fingerprint density at radius 2 is 2.25 bits per heavy atom. The molecule has 0 saturated carbocycles. The van der Waals surface area contributed by atoms with Gasteiger partial charge >= 0.3 is 0 Å². The zero-order valence-corrected chi connectivity index (χ0v) is 12.4. The molecular weight excluding hydrogens is 280 g/mol. The number of rotatable bonds is 5. The number of carbonyl (C=O) groups excluding carboxylic acids is 2. The number of nitrogens with one attached hydrogen (secondary N) is 2. The molecule has 0 aromatic carbocycles. The van der Waals surface area contributed by atoms with E-state index in [0.29, 0.717) is 11.4 Å². The van der Waals surface area contributed by atoms with Gasteiger partial charge in [-0.1, -0.05) is 0 Å². The van der Waals surface area contributed by atoms with Crippen molar-refractivity contribution in [3.8, 4) is 0 Å². The van der Waals surface area contributed by atoms with Gasteiger partial charge in [-0.15, -0.1) is 11.3 Å². The largest absolute Gasteiger partial charge is 0.545 e. The summed E-state index contributed by atoms with van der Waals surface area (Å²) < 4.78 is 4.74. The Morgan fingerprint density at radius 3 is 2.85 bits per heavy atom. The van der Waals surface area contributed by atoms with E-state index in [0.717, 1.165) is 30.1 Å². The number of hydrogen-bond donors (Lipinski definition) is 2. The number of likely N-dealkylation sites (N-methyl/N-ethyl adjacent to an activating group) is 1. The molecule has 7 heteroatoms. The summed E-state index contributed by atoms with van der Waals surface area (Å²) in [5.41, 5.74) is 0.963. The molecule has 0 aliphatic carbocycles. The predicted molar refractivity (Wildman–Crippen MR) is 72.9 cm³/mol. The third-order valence-electron chi connectivity index (χ3n) is 3.46. The number of amides is 1. The summed E-state index contributed by atoms with van der Waals surface area (Å²) in [4.78, 5) is 25.4. The summed E-state index contributed by atoms with van der Waals surface area (Å²) in [6.45, 7) is 4.72. The van der Waals surface area contributed by atoms with E-state index in [1.165, 1.54) is 23.3 Å². The Hall–Kier alpha value is -1.44. The molecule has 2 heterocycles. The first-order chi connectivity index (χ1) is 9.56. The van der Waals surface area contributed by atoms with Gasteiger partial charge in [-0.05, 0) is 12.5 Å². The number of carbonyl (C=O) groups is 2. The molecule has 0 radical (unpaired) electrons. The van der Waals surface area contributed by atoms with E-state index in [9.17, 15) is 14.7 Å². The highest BCUT2D eigenvalue weighted by molar-refractivity contribution is 7.16. The molecule has 110 valence electrons. The highest BCUT2D eigenvalue weighted by Crippen LogP contribution is 2.34. The van der Waals surface area contributed by atoms with Crippen molar-refractivity contribution in [3.63, 3.8) is 0 Å². The number of thiophene rings is 1. The second-order valence-electron chi connectivity index (χ2n) is 4.76. The van der Waals surface area contributed by atoms with Crippen LogP contribution in [0.25, 0.3) is 0 Å². The van der Waals surface area contributed by atoms with E-state index in [2.05, 4.69) is 12.2 Å². The number of anilines is 1. The van der Waals surface area contributed by atoms with Crippen molar-refractivity contribution in [2.45, 2.75) is 19.9 Å². The lowest BCUT2D eigenvalue weighted by Gasteiger charge is -2.23. The molecule has 1 aromatic heterocycles. The van der Waals surface area contributed by atoms with Crippen LogP contribution in [0, 0.1) is 0 Å². The van der Waals surface area contributed by atoms with Gasteiger partial charge in [0.1, 0.15) is 18.2 Å². The van der Waals surface area contributed by atoms with Crippen LogP contribution in [0.5, 0.6) is 0 Å². The van der Waals surface area contributed by atoms with E-state index in [4.69, 9.17) is 4.74 Å². The molecule has 1 atom stereocenters. The maximum absolute atomic E-state index is 11.6. The first-order valence-corrected chi connectivity index (χ1v) is 7.36. The van der Waals surface area contributed by atoms with Crippen LogP contribution in [0.2, 0.25) is 0 Å². The van der Waals surface area contributed by atoms with Crippen molar-refractivity contribution in [2.24, 2.45) is 0 Å². The van der Waals surface area contributed by atoms with E-state index in [-0.39, 0.29) is 18.1 Å². The summed E-state index contributed by atoms with van der Waals surface area (Å²) in [5.74, 6) is -1.58. The highest BCUT2D eigenvalue weighted by Gasteiger charge is 2.27. The fourth-order valence-electron chi connectivity index (χ4n) is 2.44. The molecule has 1 aliphatic heterocycles. The summed E-state index contributed by atoms with van der Waals surface area (Å²) in [7, 11) is 1.42. The molecule has 2 N–H and O–H groups in total. The van der Waals surface area contributed by atoms with E-state index in [1.54, 1.807) is 0 Å². The first kappa shape index (κ1) is 15.0. The van der Waals surface area contributed by atoms with Crippen molar-refractivity contribution >= 4 is 28.2 Å². The van der Waals surface area contributed by atoms with Gasteiger partial charge in [-0.2, -0.15) is 0 Å². The van der Waals surface area contributed by atoms with Gasteiger partial charge in [-0.25, -0.2) is 0 Å². The number of ether oxygens (including phenoxy) is 1. The second kappa shape index (κ2) is 6.34. The van der Waals surface area contributed by atoms with E-state index >= 15 is 0 Å². The summed E-state index contributed by atoms with van der Waals surface area (Å²) in [6, 6.07) is 0. The third kappa shape index (κ3) is 3.00. The Labute approximate surface area is 121 Å². The van der Waals surface area contributed by atoms with Gasteiger partial charge in [0, 0.05) is 19.1 Å². The van der Waals surface area contributed by atoms with Crippen LogP contribution in [0.3, 0.4) is 0 Å². The monoisotopic (exact) mass is 298 g/mol. The van der Waals surface area contributed by atoms with Crippen LogP contribution in [0.4, 0.5) is 5.00 Å². The topological polar surface area (TPSA) is 82.9 Å². The Balaban J connectivity index is 2.30. The predicted octanol–water partition coefficient (Wildman–Crippen LogP) is -1.34. The molecule has 0 spiro atoms. The van der Waals surface area contributed by atoms with Crippen LogP contribution in [0.15, 0.2) is 0 Å². The van der Waals surface area contributed by atoms with Crippen molar-refractivity contribution < 1.29 is 24.3 Å². The molecular formula is C13H18N2O4S. The third-order valence-corrected chi connectivity index (χ3v) is 4.61. The SMILES string of the molecule is CC[NH+]1CCc2c(sc(NC(=O)COC)c2C(=O)[O-])C1. The lowest BCUT2D eigenvalue weighted by atomic mass is 10.0. The van der Waals surface area contributed by atoms with Gasteiger partial charge in [0.25, 0.3) is 5.91 Å². The minimum absolute atomic E-state index is 0.0958. The van der Waals surface area contributed by atoms with Crippen LogP contribution in [-0.2, 0) is 22.5 Å². The number of hydrogen-bond acceptors (Lipinski definition) is 5. The number of carboxylic acids is 1. The second-order valence-corrected chi connectivity index (χ2v) is 5.86. The lowest BCUT2D eigenvalue weighted by molar-refractivity contribution is -0.913. The maximum Gasteiger partial charge on any atom is 0.250 e. The molecule has 6 nitrogen and oxygen atoms in total. The number of quaternary nitrogens is 1. The minimum Gasteiger partial charge on any atom is -0.545 e. The fourth-order valence-corrected chi connectivity index (χ4v) is 3.76. The quantitative estimate of drug-likeness (QED) is 0.705. The van der Waals surface area contributed by atoms with Crippen LogP contribution in [-0.4, -0.2) is 38.7 Å². The molecule has 2 rings (SSSR count). The molecule has 0 fully saturated rings. The Bertz CT molecular complexity index is 527. The van der Waals surface area contributed by atoms with Gasteiger partial charge in [0.15, 0.2) is 0 Å². The number of aromatic carboxylic acids is 1. The van der Waals surface area contributed by atoms with Crippen molar-refractivity contribution in [2.75, 3.05) is 32.1 Å². The first-order valence-electron chi connectivity index (χ1n) is 6.55. The van der Waals surface area contributed by atoms with Crippen LogP contribution in [0.1, 0.15) is 27.7 Å². The van der Waals surface area contributed by atoms with Crippen molar-refractivity contribution in [1.82, 2.24) is 0 Å². The zero-order valence-electron chi connectivity index (χ0n) is 11.6. The average Bonchev–Trinajstić information content (AvgIpc) is 2.75. The standard InChI is InChI=1S/C13H18N2O4S/c1-3-15-5-4-8-9(6-15)20-12(11(8)13(17)18)14-10(16)7-19-2/h3-7H2,1-2H3,(H,14,16)(H,17,18). The normalized spacial score (nSPS) is 17.6. The highest BCUT2D eigenvalue weighted by atomic mass is 32.1.